The predicted octanol–water partition coefficient (Wildman–Crippen LogP) is 4.18. The third-order valence-electron chi connectivity index (χ3n) is 5.48. The number of aromatic nitrogens is 3. The van der Waals surface area contributed by atoms with Gasteiger partial charge < -0.3 is 15.0 Å². The zero-order valence-electron chi connectivity index (χ0n) is 16.0. The molecule has 0 amide bonds. The van der Waals surface area contributed by atoms with Gasteiger partial charge in [-0.15, -0.1) is 0 Å². The van der Waals surface area contributed by atoms with Crippen LogP contribution in [0.1, 0.15) is 28.7 Å². The average Bonchev–Trinajstić information content (AvgIpc) is 3.22. The summed E-state index contributed by atoms with van der Waals surface area (Å²) in [6, 6.07) is 17.2. The molecule has 0 spiro atoms. The van der Waals surface area contributed by atoms with E-state index in [1.807, 2.05) is 19.1 Å². The van der Waals surface area contributed by atoms with E-state index in [1.165, 1.54) is 16.8 Å². The van der Waals surface area contributed by atoms with Crippen LogP contribution in [-0.4, -0.2) is 28.6 Å². The SMILES string of the molecule is COc1ccc(-c2ccc(C3NCCc4[nH]cnc43)cc2)c2ccc(C)nc12. The Bertz CT molecular complexity index is 1150. The van der Waals surface area contributed by atoms with Crippen molar-refractivity contribution in [1.82, 2.24) is 20.3 Å². The van der Waals surface area contributed by atoms with Crippen molar-refractivity contribution in [2.45, 2.75) is 19.4 Å². The van der Waals surface area contributed by atoms with Crippen LogP contribution in [0.5, 0.6) is 5.75 Å². The summed E-state index contributed by atoms with van der Waals surface area (Å²) in [5, 5.41) is 4.68. The summed E-state index contributed by atoms with van der Waals surface area (Å²) < 4.78 is 5.52. The number of hydrogen-bond acceptors (Lipinski definition) is 4. The number of nitrogens with one attached hydrogen (secondary N) is 2. The van der Waals surface area contributed by atoms with Gasteiger partial charge in [-0.25, -0.2) is 9.97 Å². The lowest BCUT2D eigenvalue weighted by Crippen LogP contribution is -2.30. The van der Waals surface area contributed by atoms with E-state index in [1.54, 1.807) is 13.4 Å². The smallest absolute Gasteiger partial charge is 0.145 e. The van der Waals surface area contributed by atoms with Crippen LogP contribution >= 0.6 is 0 Å². The molecule has 0 bridgehead atoms. The summed E-state index contributed by atoms with van der Waals surface area (Å²) in [5.74, 6) is 0.802. The molecule has 28 heavy (non-hydrogen) atoms. The molecular weight excluding hydrogens is 348 g/mol. The first-order valence-corrected chi connectivity index (χ1v) is 9.55. The van der Waals surface area contributed by atoms with Crippen molar-refractivity contribution in [3.05, 3.63) is 77.5 Å². The van der Waals surface area contributed by atoms with Gasteiger partial charge in [0.2, 0.25) is 0 Å². The second kappa shape index (κ2) is 6.77. The fourth-order valence-corrected chi connectivity index (χ4v) is 4.06. The predicted molar refractivity (Wildman–Crippen MR) is 111 cm³/mol. The second-order valence-electron chi connectivity index (χ2n) is 7.19. The summed E-state index contributed by atoms with van der Waals surface area (Å²) in [6.07, 6.45) is 2.78. The van der Waals surface area contributed by atoms with Crippen LogP contribution in [0.3, 0.4) is 0 Å². The van der Waals surface area contributed by atoms with Crippen LogP contribution in [-0.2, 0) is 6.42 Å². The highest BCUT2D eigenvalue weighted by atomic mass is 16.5. The molecule has 1 unspecified atom stereocenters. The van der Waals surface area contributed by atoms with Crippen molar-refractivity contribution in [3.63, 3.8) is 0 Å². The van der Waals surface area contributed by atoms with Gasteiger partial charge in [-0.1, -0.05) is 30.3 Å². The van der Waals surface area contributed by atoms with E-state index >= 15 is 0 Å². The van der Waals surface area contributed by atoms with Crippen molar-refractivity contribution in [1.29, 1.82) is 0 Å². The largest absolute Gasteiger partial charge is 0.494 e. The lowest BCUT2D eigenvalue weighted by atomic mass is 9.94. The number of hydrogen-bond donors (Lipinski definition) is 2. The first-order chi connectivity index (χ1) is 13.7. The molecule has 5 nitrogen and oxygen atoms in total. The molecule has 5 heteroatoms. The number of H-pyrrole nitrogens is 1. The Morgan fingerprint density at radius 3 is 2.71 bits per heavy atom. The van der Waals surface area contributed by atoms with Gasteiger partial charge in [0.15, 0.2) is 0 Å². The molecule has 2 aromatic carbocycles. The zero-order valence-corrected chi connectivity index (χ0v) is 16.0. The van der Waals surface area contributed by atoms with Gasteiger partial charge in [-0.05, 0) is 41.8 Å². The monoisotopic (exact) mass is 370 g/mol. The molecule has 0 fully saturated rings. The highest BCUT2D eigenvalue weighted by molar-refractivity contribution is 5.98. The van der Waals surface area contributed by atoms with E-state index in [2.05, 4.69) is 51.7 Å². The van der Waals surface area contributed by atoms with E-state index in [0.717, 1.165) is 46.6 Å². The summed E-state index contributed by atoms with van der Waals surface area (Å²) >= 11 is 0. The minimum atomic E-state index is 0.140. The lowest BCUT2D eigenvalue weighted by Gasteiger charge is -2.23. The topological polar surface area (TPSA) is 62.8 Å². The summed E-state index contributed by atoms with van der Waals surface area (Å²) in [5.41, 5.74) is 7.77. The number of benzene rings is 2. The Kier molecular flexibility index (Phi) is 4.10. The van der Waals surface area contributed by atoms with Gasteiger partial charge in [0, 0.05) is 29.7 Å². The minimum absolute atomic E-state index is 0.140. The number of methoxy groups -OCH3 is 1. The molecule has 3 heterocycles. The van der Waals surface area contributed by atoms with E-state index in [4.69, 9.17) is 9.72 Å². The van der Waals surface area contributed by atoms with Crippen LogP contribution in [0.2, 0.25) is 0 Å². The summed E-state index contributed by atoms with van der Waals surface area (Å²) in [6.45, 7) is 2.95. The number of aromatic amines is 1. The van der Waals surface area contributed by atoms with Crippen LogP contribution in [0.15, 0.2) is 54.9 Å². The highest BCUT2D eigenvalue weighted by Gasteiger charge is 2.23. The van der Waals surface area contributed by atoms with Gasteiger partial charge in [-0.2, -0.15) is 0 Å². The van der Waals surface area contributed by atoms with Crippen LogP contribution in [0.25, 0.3) is 22.0 Å². The van der Waals surface area contributed by atoms with Crippen molar-refractivity contribution >= 4 is 10.9 Å². The summed E-state index contributed by atoms with van der Waals surface area (Å²) in [4.78, 5) is 12.5. The molecule has 140 valence electrons. The van der Waals surface area contributed by atoms with Gasteiger partial charge in [0.1, 0.15) is 11.3 Å². The molecule has 0 aliphatic carbocycles. The Morgan fingerprint density at radius 2 is 1.89 bits per heavy atom. The molecule has 1 aliphatic heterocycles. The quantitative estimate of drug-likeness (QED) is 0.568. The maximum Gasteiger partial charge on any atom is 0.145 e. The molecule has 2 N–H and O–H groups in total. The first kappa shape index (κ1) is 17.0. The van der Waals surface area contributed by atoms with E-state index in [-0.39, 0.29) is 6.04 Å². The number of fused-ring (bicyclic) bond motifs is 2. The molecule has 1 aliphatic rings. The standard InChI is InChI=1S/C23H22N4O/c1-14-3-8-18-17(9-10-20(28-2)22(18)27-14)15-4-6-16(7-5-15)21-23-19(11-12-24-21)25-13-26-23/h3-10,13,21,24H,11-12H2,1-2H3,(H,25,26). The van der Waals surface area contributed by atoms with Crippen LogP contribution < -0.4 is 10.1 Å². The number of nitrogens with zero attached hydrogens (tertiary/aromatic N) is 2. The maximum absolute atomic E-state index is 5.52. The maximum atomic E-state index is 5.52. The Labute approximate surface area is 163 Å². The number of ether oxygens (including phenoxy) is 1. The van der Waals surface area contributed by atoms with Crippen molar-refractivity contribution in [2.75, 3.05) is 13.7 Å². The average molecular weight is 370 g/mol. The van der Waals surface area contributed by atoms with Crippen LogP contribution in [0.4, 0.5) is 0 Å². The van der Waals surface area contributed by atoms with Crippen LogP contribution in [0, 0.1) is 6.92 Å². The fraction of sp³-hybridized carbons (Fsp3) is 0.217. The van der Waals surface area contributed by atoms with Gasteiger partial charge in [-0.3, -0.25) is 0 Å². The third kappa shape index (κ3) is 2.75. The Morgan fingerprint density at radius 1 is 1.04 bits per heavy atom. The summed E-state index contributed by atoms with van der Waals surface area (Å²) in [7, 11) is 1.69. The molecule has 4 aromatic rings. The van der Waals surface area contributed by atoms with E-state index in [9.17, 15) is 0 Å². The van der Waals surface area contributed by atoms with Gasteiger partial charge >= 0.3 is 0 Å². The zero-order chi connectivity index (χ0) is 19.1. The number of rotatable bonds is 3. The van der Waals surface area contributed by atoms with Gasteiger partial charge in [0.05, 0.1) is 25.2 Å². The van der Waals surface area contributed by atoms with Crippen molar-refractivity contribution < 1.29 is 4.74 Å². The highest BCUT2D eigenvalue weighted by Crippen LogP contribution is 2.35. The second-order valence-corrected chi connectivity index (χ2v) is 7.19. The fourth-order valence-electron chi connectivity index (χ4n) is 4.06. The Balaban J connectivity index is 1.56. The van der Waals surface area contributed by atoms with Crippen molar-refractivity contribution in [3.8, 4) is 16.9 Å². The number of aryl methyl sites for hydroxylation is 1. The molecule has 1 atom stereocenters. The molecular formula is C23H22N4O. The van der Waals surface area contributed by atoms with Crippen molar-refractivity contribution in [2.24, 2.45) is 0 Å². The normalized spacial score (nSPS) is 16.1. The third-order valence-corrected chi connectivity index (χ3v) is 5.48. The number of pyridine rings is 1. The molecule has 0 radical (unpaired) electrons. The molecule has 2 aromatic heterocycles. The minimum Gasteiger partial charge on any atom is -0.494 e. The van der Waals surface area contributed by atoms with E-state index < -0.39 is 0 Å². The molecule has 0 saturated heterocycles. The molecule has 0 saturated carbocycles. The first-order valence-electron chi connectivity index (χ1n) is 9.55. The van der Waals surface area contributed by atoms with E-state index in [0.29, 0.717) is 0 Å². The molecule has 5 rings (SSSR count). The number of imidazole rings is 1. The van der Waals surface area contributed by atoms with Gasteiger partial charge in [0.25, 0.3) is 0 Å². The lowest BCUT2D eigenvalue weighted by molar-refractivity contribution is 0.419. The Hall–Kier alpha value is -3.18.